The van der Waals surface area contributed by atoms with Gasteiger partial charge in [-0.25, -0.2) is 4.79 Å². The molecule has 0 atom stereocenters. The van der Waals surface area contributed by atoms with Crippen LogP contribution in [-0.2, 0) is 6.54 Å². The Balaban J connectivity index is 3.03. The number of anilines is 1. The second kappa shape index (κ2) is 3.34. The lowest BCUT2D eigenvalue weighted by atomic mass is 10.2. The molecule has 0 fully saturated rings. The van der Waals surface area contributed by atoms with Crippen LogP contribution in [0.25, 0.3) is 10.2 Å². The predicted octanol–water partition coefficient (Wildman–Crippen LogP) is 1.68. The Hall–Kier alpha value is -1.36. The van der Waals surface area contributed by atoms with Crippen molar-refractivity contribution < 1.29 is 0 Å². The van der Waals surface area contributed by atoms with E-state index in [1.807, 2.05) is 20.8 Å². The quantitative estimate of drug-likeness (QED) is 0.800. The number of nitrogens with zero attached hydrogens (tertiary/aromatic N) is 2. The Bertz CT molecular complexity index is 582. The molecule has 5 heteroatoms. The topological polar surface area (TPSA) is 60.9 Å². The summed E-state index contributed by atoms with van der Waals surface area (Å²) in [6.07, 6.45) is 0. The van der Waals surface area contributed by atoms with Gasteiger partial charge in [0, 0.05) is 11.4 Å². The van der Waals surface area contributed by atoms with Crippen LogP contribution in [0.2, 0.25) is 0 Å². The highest BCUT2D eigenvalue weighted by Crippen LogP contribution is 2.31. The van der Waals surface area contributed by atoms with Gasteiger partial charge in [0.05, 0.1) is 5.39 Å². The zero-order valence-corrected chi connectivity index (χ0v) is 9.81. The summed E-state index contributed by atoms with van der Waals surface area (Å²) in [6, 6.07) is 0. The average Bonchev–Trinajstić information content (AvgIpc) is 2.44. The lowest BCUT2D eigenvalue weighted by Crippen LogP contribution is -2.23. The lowest BCUT2D eigenvalue weighted by Gasteiger charge is -2.04. The maximum atomic E-state index is 11.6. The fourth-order valence-corrected chi connectivity index (χ4v) is 2.91. The van der Waals surface area contributed by atoms with Crippen LogP contribution in [0, 0.1) is 13.8 Å². The largest absolute Gasteiger partial charge is 0.383 e. The third-order valence-electron chi connectivity index (χ3n) is 2.63. The minimum absolute atomic E-state index is 0.260. The van der Waals surface area contributed by atoms with E-state index in [-0.39, 0.29) is 5.69 Å². The third kappa shape index (κ3) is 1.34. The number of fused-ring (bicyclic) bond motifs is 1. The molecular weight excluding hydrogens is 210 g/mol. The number of nitrogen functional groups attached to an aromatic ring is 1. The molecule has 2 rings (SSSR count). The van der Waals surface area contributed by atoms with Gasteiger partial charge in [-0.1, -0.05) is 0 Å². The van der Waals surface area contributed by atoms with E-state index in [0.717, 1.165) is 15.8 Å². The van der Waals surface area contributed by atoms with Crippen molar-refractivity contribution in [3.05, 3.63) is 20.9 Å². The summed E-state index contributed by atoms with van der Waals surface area (Å²) >= 11 is 1.60. The number of hydrogen-bond donors (Lipinski definition) is 1. The van der Waals surface area contributed by atoms with E-state index >= 15 is 0 Å². The highest BCUT2D eigenvalue weighted by atomic mass is 32.1. The molecular formula is C10H13N3OS. The number of aromatic nitrogens is 2. The van der Waals surface area contributed by atoms with Crippen LogP contribution in [0.1, 0.15) is 17.4 Å². The maximum Gasteiger partial charge on any atom is 0.350 e. The van der Waals surface area contributed by atoms with Crippen LogP contribution < -0.4 is 11.4 Å². The predicted molar refractivity (Wildman–Crippen MR) is 63.4 cm³/mol. The van der Waals surface area contributed by atoms with Gasteiger partial charge in [-0.05, 0) is 26.3 Å². The van der Waals surface area contributed by atoms with Crippen LogP contribution in [-0.4, -0.2) is 9.55 Å². The fraction of sp³-hybridized carbons (Fsp3) is 0.400. The molecule has 2 heterocycles. The summed E-state index contributed by atoms with van der Waals surface area (Å²) in [5.74, 6) is 0.349. The summed E-state index contributed by atoms with van der Waals surface area (Å²) in [6.45, 7) is 6.60. The minimum Gasteiger partial charge on any atom is -0.383 e. The SMILES string of the molecule is CCn1c(=O)nc(N)c2c(C)c(C)sc21. The molecule has 0 aliphatic carbocycles. The van der Waals surface area contributed by atoms with Gasteiger partial charge in [-0.2, -0.15) is 4.98 Å². The van der Waals surface area contributed by atoms with Gasteiger partial charge in [0.25, 0.3) is 0 Å². The number of aryl methyl sites for hydroxylation is 3. The van der Waals surface area contributed by atoms with Crippen molar-refractivity contribution in [1.82, 2.24) is 9.55 Å². The Morgan fingerprint density at radius 1 is 1.47 bits per heavy atom. The number of rotatable bonds is 1. The monoisotopic (exact) mass is 223 g/mol. The molecule has 0 unspecified atom stereocenters. The number of nitrogens with two attached hydrogens (primary N) is 1. The molecule has 0 saturated heterocycles. The standard InChI is InChI=1S/C10H13N3OS/c1-4-13-9-7(5(2)6(3)15-9)8(11)12-10(13)14/h4H2,1-3H3,(H2,11,12,14). The lowest BCUT2D eigenvalue weighted by molar-refractivity contribution is 0.738. The van der Waals surface area contributed by atoms with Gasteiger partial charge < -0.3 is 5.73 Å². The highest BCUT2D eigenvalue weighted by Gasteiger charge is 2.13. The van der Waals surface area contributed by atoms with Crippen molar-refractivity contribution in [2.24, 2.45) is 0 Å². The Kier molecular flexibility index (Phi) is 2.26. The molecule has 0 aliphatic rings. The molecule has 0 bridgehead atoms. The summed E-state index contributed by atoms with van der Waals surface area (Å²) in [5, 5.41) is 0.930. The molecule has 0 spiro atoms. The minimum atomic E-state index is -0.260. The van der Waals surface area contributed by atoms with Gasteiger partial charge in [0.15, 0.2) is 0 Å². The maximum absolute atomic E-state index is 11.6. The first-order valence-electron chi connectivity index (χ1n) is 4.82. The van der Waals surface area contributed by atoms with E-state index in [9.17, 15) is 4.79 Å². The molecule has 0 radical (unpaired) electrons. The van der Waals surface area contributed by atoms with Crippen molar-refractivity contribution in [3.63, 3.8) is 0 Å². The Morgan fingerprint density at radius 3 is 2.73 bits per heavy atom. The molecule has 0 aliphatic heterocycles. The van der Waals surface area contributed by atoms with E-state index in [2.05, 4.69) is 4.98 Å². The van der Waals surface area contributed by atoms with E-state index in [1.165, 1.54) is 4.88 Å². The third-order valence-corrected chi connectivity index (χ3v) is 3.86. The zero-order valence-electron chi connectivity index (χ0n) is 9.00. The van der Waals surface area contributed by atoms with Crippen LogP contribution >= 0.6 is 11.3 Å². The van der Waals surface area contributed by atoms with Crippen molar-refractivity contribution in [3.8, 4) is 0 Å². The second-order valence-electron chi connectivity index (χ2n) is 3.49. The fourth-order valence-electron chi connectivity index (χ4n) is 1.69. The molecule has 0 saturated carbocycles. The van der Waals surface area contributed by atoms with Crippen molar-refractivity contribution in [1.29, 1.82) is 0 Å². The van der Waals surface area contributed by atoms with E-state index in [0.29, 0.717) is 12.4 Å². The molecule has 80 valence electrons. The molecule has 15 heavy (non-hydrogen) atoms. The molecule has 2 aromatic rings. The van der Waals surface area contributed by atoms with Crippen molar-refractivity contribution in [2.75, 3.05) is 5.73 Å². The van der Waals surface area contributed by atoms with Gasteiger partial charge in [0.1, 0.15) is 10.6 Å². The van der Waals surface area contributed by atoms with Crippen molar-refractivity contribution >= 4 is 27.4 Å². The normalized spacial score (nSPS) is 11.1. The molecule has 0 amide bonds. The molecule has 4 nitrogen and oxygen atoms in total. The summed E-state index contributed by atoms with van der Waals surface area (Å²) < 4.78 is 1.66. The molecule has 2 N–H and O–H groups in total. The average molecular weight is 223 g/mol. The number of hydrogen-bond acceptors (Lipinski definition) is 4. The van der Waals surface area contributed by atoms with Gasteiger partial charge in [-0.15, -0.1) is 11.3 Å². The van der Waals surface area contributed by atoms with E-state index in [4.69, 9.17) is 5.73 Å². The summed E-state index contributed by atoms with van der Waals surface area (Å²) in [4.78, 5) is 17.5. The summed E-state index contributed by atoms with van der Waals surface area (Å²) in [5.41, 5.74) is 6.64. The van der Waals surface area contributed by atoms with Crippen molar-refractivity contribution in [2.45, 2.75) is 27.3 Å². The van der Waals surface area contributed by atoms with Gasteiger partial charge >= 0.3 is 5.69 Å². The van der Waals surface area contributed by atoms with Gasteiger partial charge in [-0.3, -0.25) is 4.57 Å². The summed E-state index contributed by atoms with van der Waals surface area (Å²) in [7, 11) is 0. The molecule has 0 aromatic carbocycles. The molecule has 2 aromatic heterocycles. The zero-order chi connectivity index (χ0) is 11.2. The first-order valence-corrected chi connectivity index (χ1v) is 5.64. The smallest absolute Gasteiger partial charge is 0.350 e. The second-order valence-corrected chi connectivity index (χ2v) is 4.69. The Morgan fingerprint density at radius 2 is 2.13 bits per heavy atom. The highest BCUT2D eigenvalue weighted by molar-refractivity contribution is 7.18. The van der Waals surface area contributed by atoms with Gasteiger partial charge in [0.2, 0.25) is 0 Å². The first kappa shape index (κ1) is 10.2. The first-order chi connectivity index (χ1) is 7.06. The Labute approximate surface area is 91.4 Å². The van der Waals surface area contributed by atoms with E-state index < -0.39 is 0 Å². The van der Waals surface area contributed by atoms with Crippen LogP contribution in [0.15, 0.2) is 4.79 Å². The van der Waals surface area contributed by atoms with E-state index in [1.54, 1.807) is 15.9 Å². The van der Waals surface area contributed by atoms with Crippen LogP contribution in [0.5, 0.6) is 0 Å². The van der Waals surface area contributed by atoms with Crippen LogP contribution in [0.3, 0.4) is 0 Å². The number of thiophene rings is 1. The van der Waals surface area contributed by atoms with Crippen LogP contribution in [0.4, 0.5) is 5.82 Å².